The molecule has 3 rings (SSSR count). The van der Waals surface area contributed by atoms with Crippen LogP contribution in [0.2, 0.25) is 0 Å². The molecule has 2 fully saturated rings. The number of thioether (sulfide) groups is 1. The van der Waals surface area contributed by atoms with E-state index in [9.17, 15) is 14.7 Å². The smallest absolute Gasteiger partial charge is 0.306 e. The summed E-state index contributed by atoms with van der Waals surface area (Å²) in [6.07, 6.45) is 2.87. The Bertz CT molecular complexity index is 601. The van der Waals surface area contributed by atoms with Crippen molar-refractivity contribution in [2.75, 3.05) is 18.1 Å². The van der Waals surface area contributed by atoms with Gasteiger partial charge in [0, 0.05) is 24.0 Å². The third-order valence-electron chi connectivity index (χ3n) is 5.25. The van der Waals surface area contributed by atoms with E-state index in [4.69, 9.17) is 0 Å². The van der Waals surface area contributed by atoms with Crippen LogP contribution in [0.15, 0.2) is 24.3 Å². The first-order valence-corrected chi connectivity index (χ1v) is 9.89. The molecule has 1 aliphatic heterocycles. The van der Waals surface area contributed by atoms with Crippen LogP contribution in [-0.2, 0) is 9.59 Å². The number of nitrogens with zero attached hydrogens (tertiary/aromatic N) is 1. The molecule has 0 spiro atoms. The second kappa shape index (κ2) is 7.60. The van der Waals surface area contributed by atoms with E-state index in [-0.39, 0.29) is 23.8 Å². The van der Waals surface area contributed by atoms with Gasteiger partial charge < -0.3 is 10.0 Å². The second-order valence-corrected chi connectivity index (χ2v) is 8.08. The van der Waals surface area contributed by atoms with Gasteiger partial charge in [-0.1, -0.05) is 36.2 Å². The molecule has 1 aliphatic carbocycles. The highest BCUT2D eigenvalue weighted by molar-refractivity contribution is 7.99. The van der Waals surface area contributed by atoms with Crippen LogP contribution >= 0.6 is 11.8 Å². The summed E-state index contributed by atoms with van der Waals surface area (Å²) >= 11 is 1.89. The lowest BCUT2D eigenvalue weighted by Crippen LogP contribution is -2.45. The number of amides is 1. The van der Waals surface area contributed by atoms with E-state index >= 15 is 0 Å². The number of carboxylic acids is 1. The van der Waals surface area contributed by atoms with Gasteiger partial charge in [0.05, 0.1) is 12.0 Å². The summed E-state index contributed by atoms with van der Waals surface area (Å²) in [5.74, 6) is 0.803. The monoisotopic (exact) mass is 347 g/mol. The largest absolute Gasteiger partial charge is 0.481 e. The fourth-order valence-electron chi connectivity index (χ4n) is 3.81. The van der Waals surface area contributed by atoms with Crippen LogP contribution in [0.3, 0.4) is 0 Å². The number of hydrogen-bond acceptors (Lipinski definition) is 3. The minimum absolute atomic E-state index is 0.113. The van der Waals surface area contributed by atoms with Crippen LogP contribution in [0.5, 0.6) is 0 Å². The summed E-state index contributed by atoms with van der Waals surface area (Å²) in [4.78, 5) is 26.4. The van der Waals surface area contributed by atoms with Crippen molar-refractivity contribution in [2.24, 2.45) is 11.8 Å². The van der Waals surface area contributed by atoms with Crippen molar-refractivity contribution in [3.8, 4) is 0 Å². The van der Waals surface area contributed by atoms with Gasteiger partial charge in [-0.3, -0.25) is 9.59 Å². The molecule has 5 heteroatoms. The summed E-state index contributed by atoms with van der Waals surface area (Å²) in [5.41, 5.74) is 2.41. The molecular formula is C19H25NO3S. The highest BCUT2D eigenvalue weighted by atomic mass is 32.2. The van der Waals surface area contributed by atoms with Crippen LogP contribution in [0.4, 0.5) is 0 Å². The van der Waals surface area contributed by atoms with E-state index in [1.165, 1.54) is 11.1 Å². The number of aryl methyl sites for hydroxylation is 1. The highest BCUT2D eigenvalue weighted by Crippen LogP contribution is 2.35. The van der Waals surface area contributed by atoms with Crippen LogP contribution in [0.1, 0.15) is 42.9 Å². The third kappa shape index (κ3) is 3.77. The second-order valence-electron chi connectivity index (χ2n) is 6.93. The molecule has 4 nitrogen and oxygen atoms in total. The molecule has 2 aliphatic rings. The van der Waals surface area contributed by atoms with Gasteiger partial charge in [0.25, 0.3) is 0 Å². The number of benzene rings is 1. The van der Waals surface area contributed by atoms with Gasteiger partial charge in [0.1, 0.15) is 0 Å². The van der Waals surface area contributed by atoms with Gasteiger partial charge in [0.15, 0.2) is 0 Å². The minimum atomic E-state index is -0.753. The standard InChI is InChI=1S/C19H25NO3S/c1-13-5-7-14(8-6-13)17-12-24-10-9-20(17)18(21)15-3-2-4-16(11-15)19(22)23/h5-8,15-17H,2-4,9-12H2,1H3,(H,22,23). The zero-order chi connectivity index (χ0) is 17.1. The molecule has 0 aromatic heterocycles. The zero-order valence-corrected chi connectivity index (χ0v) is 14.9. The highest BCUT2D eigenvalue weighted by Gasteiger charge is 2.36. The summed E-state index contributed by atoms with van der Waals surface area (Å²) in [7, 11) is 0. The third-order valence-corrected chi connectivity index (χ3v) is 6.27. The van der Waals surface area contributed by atoms with E-state index in [1.807, 2.05) is 16.7 Å². The first kappa shape index (κ1) is 17.3. The van der Waals surface area contributed by atoms with Gasteiger partial charge in [0.2, 0.25) is 5.91 Å². The van der Waals surface area contributed by atoms with Crippen molar-refractivity contribution >= 4 is 23.6 Å². The molecule has 1 amide bonds. The van der Waals surface area contributed by atoms with Gasteiger partial charge in [-0.15, -0.1) is 0 Å². The average Bonchev–Trinajstić information content (AvgIpc) is 2.62. The van der Waals surface area contributed by atoms with Crippen molar-refractivity contribution in [3.05, 3.63) is 35.4 Å². The molecule has 3 unspecified atom stereocenters. The fourth-order valence-corrected chi connectivity index (χ4v) is 4.89. The number of carbonyl (C=O) groups excluding carboxylic acids is 1. The Morgan fingerprint density at radius 2 is 1.88 bits per heavy atom. The normalized spacial score (nSPS) is 27.7. The molecule has 1 aromatic rings. The first-order valence-electron chi connectivity index (χ1n) is 8.74. The number of rotatable bonds is 3. The maximum Gasteiger partial charge on any atom is 0.306 e. The van der Waals surface area contributed by atoms with Crippen molar-refractivity contribution in [3.63, 3.8) is 0 Å². The lowest BCUT2D eigenvalue weighted by atomic mass is 9.80. The summed E-state index contributed by atoms with van der Waals surface area (Å²) in [6.45, 7) is 2.83. The Morgan fingerprint density at radius 1 is 1.17 bits per heavy atom. The van der Waals surface area contributed by atoms with Gasteiger partial charge >= 0.3 is 5.97 Å². The molecule has 24 heavy (non-hydrogen) atoms. The molecule has 1 saturated heterocycles. The van der Waals surface area contributed by atoms with Crippen LogP contribution in [0, 0.1) is 18.8 Å². The Balaban J connectivity index is 1.76. The Morgan fingerprint density at radius 3 is 2.58 bits per heavy atom. The molecule has 130 valence electrons. The summed E-state index contributed by atoms with van der Waals surface area (Å²) in [5, 5.41) is 9.28. The quantitative estimate of drug-likeness (QED) is 0.909. The SMILES string of the molecule is Cc1ccc(C2CSCCN2C(=O)C2CCCC(C(=O)O)C2)cc1. The van der Waals surface area contributed by atoms with Crippen molar-refractivity contribution < 1.29 is 14.7 Å². The number of aliphatic carboxylic acids is 1. The molecular weight excluding hydrogens is 322 g/mol. The van der Waals surface area contributed by atoms with E-state index in [0.717, 1.165) is 30.9 Å². The number of carboxylic acid groups (broad SMARTS) is 1. The van der Waals surface area contributed by atoms with Crippen LogP contribution in [-0.4, -0.2) is 39.9 Å². The maximum absolute atomic E-state index is 13.1. The predicted octanol–water partition coefficient (Wildman–Crippen LogP) is 3.50. The van der Waals surface area contributed by atoms with E-state index in [0.29, 0.717) is 12.8 Å². The molecule has 0 radical (unpaired) electrons. The van der Waals surface area contributed by atoms with E-state index < -0.39 is 5.97 Å². The molecule has 1 heterocycles. The molecule has 3 atom stereocenters. The fraction of sp³-hybridized carbons (Fsp3) is 0.579. The predicted molar refractivity (Wildman–Crippen MR) is 96.0 cm³/mol. The minimum Gasteiger partial charge on any atom is -0.481 e. The van der Waals surface area contributed by atoms with Gasteiger partial charge in [-0.05, 0) is 31.7 Å². The molecule has 1 saturated carbocycles. The van der Waals surface area contributed by atoms with Gasteiger partial charge in [-0.2, -0.15) is 11.8 Å². The van der Waals surface area contributed by atoms with Gasteiger partial charge in [-0.25, -0.2) is 0 Å². The maximum atomic E-state index is 13.1. The Kier molecular flexibility index (Phi) is 5.49. The van der Waals surface area contributed by atoms with Crippen molar-refractivity contribution in [2.45, 2.75) is 38.6 Å². The number of carbonyl (C=O) groups is 2. The van der Waals surface area contributed by atoms with E-state index in [1.54, 1.807) is 0 Å². The lowest BCUT2D eigenvalue weighted by Gasteiger charge is -2.39. The lowest BCUT2D eigenvalue weighted by molar-refractivity contribution is -0.146. The molecule has 1 N–H and O–H groups in total. The van der Waals surface area contributed by atoms with Crippen LogP contribution < -0.4 is 0 Å². The van der Waals surface area contributed by atoms with Crippen molar-refractivity contribution in [1.29, 1.82) is 0 Å². The van der Waals surface area contributed by atoms with Crippen molar-refractivity contribution in [1.82, 2.24) is 4.90 Å². The Labute approximate surface area is 147 Å². The summed E-state index contributed by atoms with van der Waals surface area (Å²) in [6, 6.07) is 8.54. The topological polar surface area (TPSA) is 57.6 Å². The summed E-state index contributed by atoms with van der Waals surface area (Å²) < 4.78 is 0. The zero-order valence-electron chi connectivity index (χ0n) is 14.1. The van der Waals surface area contributed by atoms with E-state index in [2.05, 4.69) is 31.2 Å². The van der Waals surface area contributed by atoms with Crippen LogP contribution in [0.25, 0.3) is 0 Å². The molecule has 0 bridgehead atoms. The average molecular weight is 347 g/mol. The first-order chi connectivity index (χ1) is 11.6. The number of hydrogen-bond donors (Lipinski definition) is 1. The Hall–Kier alpha value is -1.49. The molecule has 1 aromatic carbocycles.